The Morgan fingerprint density at radius 3 is 1.65 bits per heavy atom. The fraction of sp³-hybridized carbons (Fsp3) is 0.0909. The van der Waals surface area contributed by atoms with Crippen molar-refractivity contribution in [3.05, 3.63) is 84.0 Å². The molecule has 0 heterocycles. The predicted octanol–water partition coefficient (Wildman–Crippen LogP) is 4.28. The summed E-state index contributed by atoms with van der Waals surface area (Å²) in [5, 5.41) is 25.4. The van der Waals surface area contributed by atoms with Gasteiger partial charge < -0.3 is 20.1 Å². The molecule has 8 nitrogen and oxygen atoms in total. The van der Waals surface area contributed by atoms with Gasteiger partial charge in [-0.1, -0.05) is 25.3 Å². The molecule has 0 amide bonds. The lowest BCUT2D eigenvalue weighted by Crippen LogP contribution is -2.08. The van der Waals surface area contributed by atoms with Gasteiger partial charge in [0.15, 0.2) is 0 Å². The first kappa shape index (κ1) is 27.1. The Labute approximate surface area is 183 Å². The van der Waals surface area contributed by atoms with Crippen LogP contribution in [0.5, 0.6) is 11.5 Å². The number of carbonyl (C=O) groups is 4. The topological polar surface area (TPSA) is 138 Å². The maximum atomic E-state index is 11.1. The van der Waals surface area contributed by atoms with E-state index in [0.717, 1.165) is 0 Å². The van der Waals surface area contributed by atoms with Crippen LogP contribution in [-0.4, -0.2) is 38.5 Å². The van der Waals surface area contributed by atoms with Crippen LogP contribution in [0.25, 0.3) is 0 Å². The molecule has 0 aliphatic heterocycles. The van der Waals surface area contributed by atoms with Crippen LogP contribution in [0, 0.1) is 0 Å². The second-order valence-corrected chi connectivity index (χ2v) is 6.26. The van der Waals surface area contributed by atoms with Crippen LogP contribution in [0.1, 0.15) is 34.6 Å². The monoisotopic (exact) mass is 448 g/mol. The first-order valence-corrected chi connectivity index (χ1v) is 8.81. The maximum Gasteiger partial charge on any atom is 0.338 e. The van der Waals surface area contributed by atoms with Crippen molar-refractivity contribution in [2.45, 2.75) is 13.8 Å². The Morgan fingerprint density at radius 1 is 0.839 bits per heavy atom. The summed E-state index contributed by atoms with van der Waals surface area (Å²) < 4.78 is 4.86. The van der Waals surface area contributed by atoms with Gasteiger partial charge in [0.1, 0.15) is 11.5 Å². The number of benzene rings is 2. The van der Waals surface area contributed by atoms with Gasteiger partial charge in [0, 0.05) is 11.1 Å². The molecule has 0 aliphatic rings. The third kappa shape index (κ3) is 11.6. The molecule has 0 saturated heterocycles. The van der Waals surface area contributed by atoms with Crippen LogP contribution in [0.4, 0.5) is 0 Å². The predicted molar refractivity (Wildman–Crippen MR) is 115 cm³/mol. The molecule has 0 spiro atoms. The van der Waals surface area contributed by atoms with E-state index in [-0.39, 0.29) is 28.2 Å². The van der Waals surface area contributed by atoms with Crippen molar-refractivity contribution in [2.75, 3.05) is 0 Å². The number of esters is 1. The van der Waals surface area contributed by atoms with E-state index >= 15 is 0 Å². The molecule has 164 valence electrons. The van der Waals surface area contributed by atoms with Crippen molar-refractivity contribution >= 4 is 34.8 Å². The van der Waals surface area contributed by atoms with Crippen molar-refractivity contribution in [1.29, 1.82) is 0 Å². The van der Waals surface area contributed by atoms with Crippen LogP contribution in [0.2, 0.25) is 0 Å². The van der Waals surface area contributed by atoms with Gasteiger partial charge in [-0.15, -0.1) is 0 Å². The molecule has 2 aromatic rings. The molecule has 9 heteroatoms. The summed E-state index contributed by atoms with van der Waals surface area (Å²) in [6, 6.07) is 11.2. The lowest BCUT2D eigenvalue weighted by atomic mass is 10.2. The zero-order chi connectivity index (χ0) is 24.1. The van der Waals surface area contributed by atoms with Gasteiger partial charge in [-0.25, -0.2) is 14.4 Å². The number of carboxylic acid groups (broad SMARTS) is 2. The molecule has 3 N–H and O–H groups in total. The van der Waals surface area contributed by atoms with Crippen molar-refractivity contribution in [1.82, 2.24) is 0 Å². The first-order valence-electron chi connectivity index (χ1n) is 8.43. The Balaban J connectivity index is 0.000000484. The van der Waals surface area contributed by atoms with Crippen LogP contribution in [0.15, 0.2) is 72.8 Å². The van der Waals surface area contributed by atoms with E-state index < -0.39 is 23.2 Å². The third-order valence-corrected chi connectivity index (χ3v) is 3.39. The summed E-state index contributed by atoms with van der Waals surface area (Å²) in [7, 11) is 0. The second-order valence-electron chi connectivity index (χ2n) is 5.91. The summed E-state index contributed by atoms with van der Waals surface area (Å²) in [5.41, 5.74) is 0.814. The number of rotatable bonds is 5. The van der Waals surface area contributed by atoms with Gasteiger partial charge >= 0.3 is 17.9 Å². The molecule has 0 fully saturated rings. The summed E-state index contributed by atoms with van der Waals surface area (Å²) >= 11 is 4.87. The van der Waals surface area contributed by atoms with E-state index in [0.29, 0.717) is 5.57 Å². The zero-order valence-electron chi connectivity index (χ0n) is 16.8. The van der Waals surface area contributed by atoms with Gasteiger partial charge in [-0.3, -0.25) is 4.79 Å². The fourth-order valence-corrected chi connectivity index (χ4v) is 1.53. The van der Waals surface area contributed by atoms with Crippen molar-refractivity contribution in [3.8, 4) is 11.5 Å². The number of carboxylic acids is 2. The highest BCUT2D eigenvalue weighted by molar-refractivity contribution is 6.67. The molecule has 0 aromatic heterocycles. The van der Waals surface area contributed by atoms with Gasteiger partial charge in [-0.05, 0) is 61.8 Å². The molecule has 0 bridgehead atoms. The third-order valence-electron chi connectivity index (χ3n) is 3.07. The molecule has 0 aliphatic carbocycles. The summed E-state index contributed by atoms with van der Waals surface area (Å²) in [5.74, 6) is -2.50. The zero-order valence-corrected chi connectivity index (χ0v) is 17.5. The molecule has 0 atom stereocenters. The van der Waals surface area contributed by atoms with Gasteiger partial charge in [0.05, 0.1) is 11.1 Å². The second kappa shape index (κ2) is 13.3. The number of hydrogen-bond donors (Lipinski definition) is 3. The SMILES string of the molecule is C=C(C)C(=O)Cl.C=C(C)C(=O)Oc1cccc(C(=O)O)c1.O=C(O)c1cccc(O)c1. The molecule has 0 radical (unpaired) electrons. The summed E-state index contributed by atoms with van der Waals surface area (Å²) in [6.07, 6.45) is 0. The molecule has 2 rings (SSSR count). The number of phenolic OH excluding ortho intramolecular Hbond substituents is 1. The van der Waals surface area contributed by atoms with E-state index in [1.165, 1.54) is 55.5 Å². The number of carbonyl (C=O) groups excluding carboxylic acids is 2. The number of ether oxygens (including phenoxy) is 1. The van der Waals surface area contributed by atoms with E-state index in [9.17, 15) is 19.2 Å². The standard InChI is InChI=1S/C11H10O4.C7H6O3.C4H5ClO/c1-7(2)11(14)15-9-5-3-4-8(6-9)10(12)13;8-6-3-1-2-5(4-6)7(9)10;1-3(2)4(5)6/h3-6H,1H2,2H3,(H,12,13);1-4,8H,(H,9,10);1H2,2H3. The van der Waals surface area contributed by atoms with Gasteiger partial charge in [0.2, 0.25) is 5.24 Å². The first-order chi connectivity index (χ1) is 14.3. The highest BCUT2D eigenvalue weighted by atomic mass is 35.5. The number of phenols is 1. The van der Waals surface area contributed by atoms with Crippen molar-refractivity contribution < 1.29 is 39.2 Å². The number of halogens is 1. The summed E-state index contributed by atoms with van der Waals surface area (Å²) in [4.78, 5) is 41.8. The van der Waals surface area contributed by atoms with Crippen LogP contribution < -0.4 is 4.74 Å². The minimum Gasteiger partial charge on any atom is -0.508 e. The smallest absolute Gasteiger partial charge is 0.338 e. The normalized spacial score (nSPS) is 9.00. The van der Waals surface area contributed by atoms with E-state index in [1.54, 1.807) is 6.92 Å². The molecule has 0 unspecified atom stereocenters. The van der Waals surface area contributed by atoms with Crippen molar-refractivity contribution in [3.63, 3.8) is 0 Å². The molecule has 2 aromatic carbocycles. The van der Waals surface area contributed by atoms with Crippen LogP contribution in [0.3, 0.4) is 0 Å². The van der Waals surface area contributed by atoms with Crippen LogP contribution >= 0.6 is 11.6 Å². The minimum absolute atomic E-state index is 0.0279. The Kier molecular flexibility index (Phi) is 11.7. The fourth-order valence-electron chi connectivity index (χ4n) is 1.53. The highest BCUT2D eigenvalue weighted by Gasteiger charge is 2.08. The van der Waals surface area contributed by atoms with Crippen molar-refractivity contribution in [2.24, 2.45) is 0 Å². The number of aromatic carboxylic acids is 2. The van der Waals surface area contributed by atoms with E-state index in [4.69, 9.17) is 31.7 Å². The number of aromatic hydroxyl groups is 1. The molecule has 31 heavy (non-hydrogen) atoms. The number of hydrogen-bond acceptors (Lipinski definition) is 6. The highest BCUT2D eigenvalue weighted by Crippen LogP contribution is 2.14. The average Bonchev–Trinajstić information content (AvgIpc) is 2.69. The Bertz CT molecular complexity index is 983. The summed E-state index contributed by atoms with van der Waals surface area (Å²) in [6.45, 7) is 9.77. The minimum atomic E-state index is -1.07. The largest absolute Gasteiger partial charge is 0.508 e. The van der Waals surface area contributed by atoms with E-state index in [2.05, 4.69) is 13.2 Å². The Hall–Kier alpha value is -3.91. The van der Waals surface area contributed by atoms with E-state index in [1.807, 2.05) is 0 Å². The molecular formula is C22H21ClO8. The average molecular weight is 449 g/mol. The number of allylic oxidation sites excluding steroid dienone is 1. The van der Waals surface area contributed by atoms with Gasteiger partial charge in [0.25, 0.3) is 0 Å². The Morgan fingerprint density at radius 2 is 1.29 bits per heavy atom. The maximum absolute atomic E-state index is 11.1. The molecular weight excluding hydrogens is 428 g/mol. The quantitative estimate of drug-likeness (QED) is 0.266. The lowest BCUT2D eigenvalue weighted by molar-refractivity contribution is -0.130. The van der Waals surface area contributed by atoms with Gasteiger partial charge in [-0.2, -0.15) is 0 Å². The lowest BCUT2D eigenvalue weighted by Gasteiger charge is -2.03. The van der Waals surface area contributed by atoms with Crippen LogP contribution in [-0.2, 0) is 9.59 Å². The molecule has 0 saturated carbocycles.